The summed E-state index contributed by atoms with van der Waals surface area (Å²) in [4.78, 5) is 25.8. The second-order valence-corrected chi connectivity index (χ2v) is 11.3. The van der Waals surface area contributed by atoms with Gasteiger partial charge in [0.25, 0.3) is 0 Å². The highest BCUT2D eigenvalue weighted by Crippen LogP contribution is 2.27. The average molecular weight is 556 g/mol. The third kappa shape index (κ3) is 7.38. The van der Waals surface area contributed by atoms with Gasteiger partial charge < -0.3 is 20.7 Å². The number of urea groups is 1. The lowest BCUT2D eigenvalue weighted by molar-refractivity contribution is 0.148. The molecule has 4 N–H and O–H groups in total. The molecule has 2 aromatic heterocycles. The zero-order valence-corrected chi connectivity index (χ0v) is 24.0. The quantitative estimate of drug-likeness (QED) is 0.299. The molecule has 41 heavy (non-hydrogen) atoms. The predicted octanol–water partition coefficient (Wildman–Crippen LogP) is 4.73. The van der Waals surface area contributed by atoms with Crippen LogP contribution >= 0.6 is 0 Å². The Morgan fingerprint density at radius 1 is 0.976 bits per heavy atom. The normalized spacial score (nSPS) is 14.5. The van der Waals surface area contributed by atoms with E-state index < -0.39 is 0 Å². The summed E-state index contributed by atoms with van der Waals surface area (Å²) in [5.74, 6) is 1.80. The van der Waals surface area contributed by atoms with Gasteiger partial charge in [-0.3, -0.25) is 10.2 Å². The Hall–Kier alpha value is -4.48. The number of ether oxygens (including phenoxy) is 1. The van der Waals surface area contributed by atoms with Crippen LogP contribution in [-0.4, -0.2) is 68.8 Å². The summed E-state index contributed by atoms with van der Waals surface area (Å²) in [5, 5.41) is 10.8. The number of nitrogens with zero attached hydrogens (tertiary/aromatic N) is 6. The fraction of sp³-hybridized carbons (Fsp3) is 0.333. The Morgan fingerprint density at radius 3 is 2.44 bits per heavy atom. The summed E-state index contributed by atoms with van der Waals surface area (Å²) in [6, 6.07) is 18.4. The van der Waals surface area contributed by atoms with Gasteiger partial charge in [-0.2, -0.15) is 5.10 Å². The Labute approximate surface area is 240 Å². The smallest absolute Gasteiger partial charge is 0.324 e. The first-order valence-electron chi connectivity index (χ1n) is 13.7. The molecule has 1 saturated heterocycles. The highest BCUT2D eigenvalue weighted by molar-refractivity contribution is 5.99. The van der Waals surface area contributed by atoms with Gasteiger partial charge in [0.2, 0.25) is 5.88 Å². The Kier molecular flexibility index (Phi) is 8.18. The number of nitrogens with two attached hydrogens (primary N) is 1. The SMILES string of the molecule is CN1CCN(Cc2cccc(-n3nc(C(C)(C)C)cc3NC(=O)Nc3ccc(Oc4cc(N)ncn4)cc3)c2)CC1. The second-order valence-electron chi connectivity index (χ2n) is 11.3. The molecule has 0 radical (unpaired) electrons. The fourth-order valence-corrected chi connectivity index (χ4v) is 4.50. The van der Waals surface area contributed by atoms with Gasteiger partial charge >= 0.3 is 6.03 Å². The minimum atomic E-state index is -0.377. The molecule has 3 heterocycles. The van der Waals surface area contributed by atoms with Gasteiger partial charge in [-0.1, -0.05) is 32.9 Å². The molecule has 0 atom stereocenters. The largest absolute Gasteiger partial charge is 0.439 e. The van der Waals surface area contributed by atoms with E-state index in [0.717, 1.165) is 44.1 Å². The lowest BCUT2D eigenvalue weighted by Crippen LogP contribution is -2.43. The van der Waals surface area contributed by atoms with Crippen LogP contribution in [0.3, 0.4) is 0 Å². The molecule has 11 heteroatoms. The maximum atomic E-state index is 13.1. The van der Waals surface area contributed by atoms with E-state index in [9.17, 15) is 4.79 Å². The summed E-state index contributed by atoms with van der Waals surface area (Å²) in [5.41, 5.74) is 9.08. The molecule has 1 aliphatic rings. The number of hydrogen-bond acceptors (Lipinski definition) is 8. The molecule has 4 aromatic rings. The van der Waals surface area contributed by atoms with Crippen LogP contribution in [-0.2, 0) is 12.0 Å². The minimum Gasteiger partial charge on any atom is -0.439 e. The maximum absolute atomic E-state index is 13.1. The van der Waals surface area contributed by atoms with E-state index in [2.05, 4.69) is 70.4 Å². The van der Waals surface area contributed by atoms with Gasteiger partial charge in [-0.05, 0) is 49.0 Å². The van der Waals surface area contributed by atoms with Crippen molar-refractivity contribution in [2.45, 2.75) is 32.7 Å². The number of benzene rings is 2. The Morgan fingerprint density at radius 2 is 1.73 bits per heavy atom. The number of hydrogen-bond donors (Lipinski definition) is 3. The topological polar surface area (TPSA) is 126 Å². The van der Waals surface area contributed by atoms with E-state index in [1.807, 2.05) is 18.2 Å². The van der Waals surface area contributed by atoms with Gasteiger partial charge in [0.1, 0.15) is 23.7 Å². The lowest BCUT2D eigenvalue weighted by Gasteiger charge is -2.32. The van der Waals surface area contributed by atoms with Crippen molar-refractivity contribution in [3.63, 3.8) is 0 Å². The third-order valence-electron chi connectivity index (χ3n) is 6.87. The Bertz CT molecular complexity index is 1490. The highest BCUT2D eigenvalue weighted by atomic mass is 16.5. The third-order valence-corrected chi connectivity index (χ3v) is 6.87. The predicted molar refractivity (Wildman–Crippen MR) is 161 cm³/mol. The zero-order valence-electron chi connectivity index (χ0n) is 24.0. The molecule has 1 aliphatic heterocycles. The van der Waals surface area contributed by atoms with Gasteiger partial charge in [0, 0.05) is 56.0 Å². The fourth-order valence-electron chi connectivity index (χ4n) is 4.50. The van der Waals surface area contributed by atoms with E-state index in [0.29, 0.717) is 29.0 Å². The molecule has 2 amide bonds. The average Bonchev–Trinajstić information content (AvgIpc) is 3.36. The van der Waals surface area contributed by atoms with Crippen molar-refractivity contribution >= 4 is 23.4 Å². The number of nitrogens with one attached hydrogen (secondary N) is 2. The second kappa shape index (κ2) is 11.9. The monoisotopic (exact) mass is 555 g/mol. The van der Waals surface area contributed by atoms with Crippen LogP contribution < -0.4 is 21.1 Å². The van der Waals surface area contributed by atoms with Gasteiger partial charge in [-0.25, -0.2) is 19.4 Å². The van der Waals surface area contributed by atoms with Crippen molar-refractivity contribution in [2.75, 3.05) is 49.6 Å². The molecule has 11 nitrogen and oxygen atoms in total. The molecule has 0 unspecified atom stereocenters. The first kappa shape index (κ1) is 28.1. The van der Waals surface area contributed by atoms with Crippen molar-refractivity contribution in [2.24, 2.45) is 0 Å². The molecule has 0 aliphatic carbocycles. The minimum absolute atomic E-state index is 0.195. The standard InChI is InChI=1S/C30H37N9O2/c1-30(2,3)25-17-27(39(36-25)23-7-5-6-21(16-23)19-38-14-12-37(4)13-15-38)35-29(40)34-22-8-10-24(11-9-22)41-28-18-26(31)32-20-33-28/h5-11,16-18,20H,12-15,19H2,1-4H3,(H2,31,32,33)(H2,34,35,40). The van der Waals surface area contributed by atoms with Crippen LogP contribution in [0.4, 0.5) is 22.1 Å². The van der Waals surface area contributed by atoms with E-state index in [1.165, 1.54) is 18.0 Å². The number of amides is 2. The van der Waals surface area contributed by atoms with Crippen molar-refractivity contribution in [1.29, 1.82) is 0 Å². The molecule has 5 rings (SSSR count). The summed E-state index contributed by atoms with van der Waals surface area (Å²) in [7, 11) is 2.16. The molecule has 2 aromatic carbocycles. The van der Waals surface area contributed by atoms with E-state index in [1.54, 1.807) is 28.9 Å². The lowest BCUT2D eigenvalue weighted by atomic mass is 9.92. The first-order chi connectivity index (χ1) is 19.6. The van der Waals surface area contributed by atoms with Crippen LogP contribution in [0.25, 0.3) is 5.69 Å². The summed E-state index contributed by atoms with van der Waals surface area (Å²) in [6.07, 6.45) is 1.34. The zero-order chi connectivity index (χ0) is 29.0. The van der Waals surface area contributed by atoms with Crippen LogP contribution in [0.2, 0.25) is 0 Å². The number of carbonyl (C=O) groups excluding carboxylic acids is 1. The van der Waals surface area contributed by atoms with E-state index >= 15 is 0 Å². The molecule has 0 spiro atoms. The van der Waals surface area contributed by atoms with E-state index in [4.69, 9.17) is 15.6 Å². The van der Waals surface area contributed by atoms with Crippen molar-refractivity contribution < 1.29 is 9.53 Å². The summed E-state index contributed by atoms with van der Waals surface area (Å²) in [6.45, 7) is 11.4. The summed E-state index contributed by atoms with van der Waals surface area (Å²) < 4.78 is 7.50. The number of rotatable bonds is 7. The maximum Gasteiger partial charge on any atom is 0.324 e. The van der Waals surface area contributed by atoms with Crippen molar-refractivity contribution in [3.05, 3.63) is 78.2 Å². The van der Waals surface area contributed by atoms with E-state index in [-0.39, 0.29) is 11.4 Å². The molecule has 0 saturated carbocycles. The molecule has 0 bridgehead atoms. The highest BCUT2D eigenvalue weighted by Gasteiger charge is 2.22. The number of anilines is 3. The van der Waals surface area contributed by atoms with Crippen LogP contribution in [0.15, 0.2) is 67.0 Å². The Balaban J connectivity index is 1.29. The molecular weight excluding hydrogens is 518 g/mol. The van der Waals surface area contributed by atoms with Gasteiger partial charge in [0.15, 0.2) is 0 Å². The number of nitrogen functional groups attached to an aromatic ring is 1. The molecule has 1 fully saturated rings. The van der Waals surface area contributed by atoms with Crippen LogP contribution in [0.5, 0.6) is 11.6 Å². The van der Waals surface area contributed by atoms with Crippen LogP contribution in [0.1, 0.15) is 32.0 Å². The molecule has 214 valence electrons. The van der Waals surface area contributed by atoms with Crippen molar-refractivity contribution in [3.8, 4) is 17.3 Å². The van der Waals surface area contributed by atoms with Gasteiger partial charge in [-0.15, -0.1) is 0 Å². The van der Waals surface area contributed by atoms with Gasteiger partial charge in [0.05, 0.1) is 11.4 Å². The molecular formula is C30H37N9O2. The number of carbonyl (C=O) groups is 1. The summed E-state index contributed by atoms with van der Waals surface area (Å²) >= 11 is 0. The number of likely N-dealkylation sites (N-methyl/N-ethyl adjacent to an activating group) is 1. The number of piperazine rings is 1. The first-order valence-corrected chi connectivity index (χ1v) is 13.7. The van der Waals surface area contributed by atoms with Crippen LogP contribution in [0, 0.1) is 0 Å². The number of aromatic nitrogens is 4. The van der Waals surface area contributed by atoms with Crippen molar-refractivity contribution in [1.82, 2.24) is 29.5 Å².